The summed E-state index contributed by atoms with van der Waals surface area (Å²) in [5.74, 6) is 0. The third-order valence-electron chi connectivity index (χ3n) is 5.87. The molecule has 30 heavy (non-hydrogen) atoms. The molecule has 1 aromatic heterocycles. The van der Waals surface area contributed by atoms with Crippen molar-refractivity contribution in [1.29, 1.82) is 0 Å². The fourth-order valence-electron chi connectivity index (χ4n) is 4.58. The molecule has 142 valence electrons. The van der Waals surface area contributed by atoms with Crippen LogP contribution in [0.1, 0.15) is 0 Å². The molecule has 6 rings (SSSR count). The van der Waals surface area contributed by atoms with Crippen LogP contribution < -0.4 is 0 Å². The van der Waals surface area contributed by atoms with Crippen molar-refractivity contribution in [1.82, 2.24) is 4.57 Å². The molecule has 0 spiro atoms. The third kappa shape index (κ3) is 2.49. The summed E-state index contributed by atoms with van der Waals surface area (Å²) in [6.07, 6.45) is 0. The molecule has 0 saturated heterocycles. The van der Waals surface area contributed by atoms with E-state index in [2.05, 4.69) is 102 Å². The quantitative estimate of drug-likeness (QED) is 0.274. The summed E-state index contributed by atoms with van der Waals surface area (Å²) in [6.45, 7) is 0. The van der Waals surface area contributed by atoms with E-state index in [1.807, 2.05) is 12.1 Å². The Hall–Kier alpha value is -3.55. The van der Waals surface area contributed by atoms with E-state index in [9.17, 15) is 0 Å². The summed E-state index contributed by atoms with van der Waals surface area (Å²) in [5.41, 5.74) is 5.74. The van der Waals surface area contributed by atoms with Gasteiger partial charge in [-0.25, -0.2) is 0 Å². The lowest BCUT2D eigenvalue weighted by atomic mass is 9.96. The van der Waals surface area contributed by atoms with Crippen LogP contribution in [0.5, 0.6) is 0 Å². The second-order valence-electron chi connectivity index (χ2n) is 7.53. The van der Waals surface area contributed by atoms with Gasteiger partial charge in [0.05, 0.1) is 16.7 Å². The van der Waals surface area contributed by atoms with E-state index in [1.165, 1.54) is 32.6 Å². The number of halogens is 1. The first-order valence-electron chi connectivity index (χ1n) is 10.1. The Kier molecular flexibility index (Phi) is 3.90. The Morgan fingerprint density at radius 3 is 1.77 bits per heavy atom. The standard InChI is InChI=1S/C28H18ClN/c29-24-14-6-3-13-23(24)28-20-10-2-1-9-19(20)17-18-27(28)30-25-15-7-4-11-21(25)22-12-5-8-16-26(22)30/h1-18H. The number of nitrogens with zero attached hydrogens (tertiary/aromatic N) is 1. The van der Waals surface area contributed by atoms with Gasteiger partial charge in [0, 0.05) is 26.9 Å². The summed E-state index contributed by atoms with van der Waals surface area (Å²) in [4.78, 5) is 0. The molecule has 0 saturated carbocycles. The maximum Gasteiger partial charge on any atom is 0.0547 e. The molecule has 0 aliphatic carbocycles. The minimum absolute atomic E-state index is 0.760. The van der Waals surface area contributed by atoms with Crippen molar-refractivity contribution in [3.05, 3.63) is 114 Å². The van der Waals surface area contributed by atoms with Gasteiger partial charge in [-0.3, -0.25) is 0 Å². The van der Waals surface area contributed by atoms with Gasteiger partial charge in [0.1, 0.15) is 0 Å². The number of aromatic nitrogens is 1. The van der Waals surface area contributed by atoms with E-state index in [4.69, 9.17) is 11.6 Å². The fraction of sp³-hybridized carbons (Fsp3) is 0. The molecule has 1 heterocycles. The zero-order chi connectivity index (χ0) is 20.1. The van der Waals surface area contributed by atoms with Gasteiger partial charge in [-0.2, -0.15) is 0 Å². The smallest absolute Gasteiger partial charge is 0.0547 e. The maximum atomic E-state index is 6.72. The summed E-state index contributed by atoms with van der Waals surface area (Å²) in [7, 11) is 0. The molecule has 1 nitrogen and oxygen atoms in total. The van der Waals surface area contributed by atoms with Gasteiger partial charge in [-0.05, 0) is 35.0 Å². The molecule has 0 radical (unpaired) electrons. The zero-order valence-electron chi connectivity index (χ0n) is 16.2. The van der Waals surface area contributed by atoms with Crippen molar-refractivity contribution in [2.45, 2.75) is 0 Å². The average Bonchev–Trinajstić information content (AvgIpc) is 3.13. The fourth-order valence-corrected chi connectivity index (χ4v) is 4.81. The van der Waals surface area contributed by atoms with Crippen molar-refractivity contribution in [3.8, 4) is 16.8 Å². The van der Waals surface area contributed by atoms with Crippen molar-refractivity contribution in [3.63, 3.8) is 0 Å². The molecular weight excluding hydrogens is 386 g/mol. The number of para-hydroxylation sites is 2. The van der Waals surface area contributed by atoms with Crippen LogP contribution in [0, 0.1) is 0 Å². The van der Waals surface area contributed by atoms with Gasteiger partial charge in [-0.15, -0.1) is 0 Å². The molecular formula is C28H18ClN. The predicted molar refractivity (Wildman–Crippen MR) is 129 cm³/mol. The van der Waals surface area contributed by atoms with Crippen molar-refractivity contribution < 1.29 is 0 Å². The van der Waals surface area contributed by atoms with Gasteiger partial charge >= 0.3 is 0 Å². The van der Waals surface area contributed by atoms with Crippen LogP contribution in [-0.4, -0.2) is 4.57 Å². The molecule has 2 heteroatoms. The Balaban J connectivity index is 1.83. The van der Waals surface area contributed by atoms with E-state index in [0.717, 1.165) is 21.8 Å². The molecule has 6 aromatic rings. The predicted octanol–water partition coefficient (Wildman–Crippen LogP) is 8.26. The second-order valence-corrected chi connectivity index (χ2v) is 7.94. The van der Waals surface area contributed by atoms with Gasteiger partial charge < -0.3 is 4.57 Å². The highest BCUT2D eigenvalue weighted by Crippen LogP contribution is 2.41. The van der Waals surface area contributed by atoms with Gasteiger partial charge in [0.25, 0.3) is 0 Å². The Morgan fingerprint density at radius 1 is 0.500 bits per heavy atom. The Morgan fingerprint density at radius 2 is 1.07 bits per heavy atom. The molecule has 0 N–H and O–H groups in total. The normalized spacial score (nSPS) is 11.5. The minimum Gasteiger partial charge on any atom is -0.309 e. The van der Waals surface area contributed by atoms with Crippen molar-refractivity contribution in [2.24, 2.45) is 0 Å². The highest BCUT2D eigenvalue weighted by atomic mass is 35.5. The van der Waals surface area contributed by atoms with E-state index in [-0.39, 0.29) is 0 Å². The lowest BCUT2D eigenvalue weighted by Crippen LogP contribution is -1.98. The minimum atomic E-state index is 0.760. The van der Waals surface area contributed by atoms with Crippen LogP contribution >= 0.6 is 11.6 Å². The SMILES string of the molecule is Clc1ccccc1-c1c(-n2c3ccccc3c3ccccc32)ccc2ccccc12. The molecule has 0 bridgehead atoms. The second kappa shape index (κ2) is 6.76. The molecule has 0 unspecified atom stereocenters. The zero-order valence-corrected chi connectivity index (χ0v) is 17.0. The molecule has 0 amide bonds. The molecule has 0 fully saturated rings. The summed E-state index contributed by atoms with van der Waals surface area (Å²) < 4.78 is 2.37. The molecule has 0 aliphatic heterocycles. The van der Waals surface area contributed by atoms with Crippen LogP contribution in [0.3, 0.4) is 0 Å². The largest absolute Gasteiger partial charge is 0.309 e. The Bertz CT molecular complexity index is 1500. The summed E-state index contributed by atoms with van der Waals surface area (Å²) >= 11 is 6.72. The van der Waals surface area contributed by atoms with Crippen molar-refractivity contribution in [2.75, 3.05) is 0 Å². The first-order valence-corrected chi connectivity index (χ1v) is 10.5. The third-order valence-corrected chi connectivity index (χ3v) is 6.20. The van der Waals surface area contributed by atoms with Crippen LogP contribution in [0.15, 0.2) is 109 Å². The van der Waals surface area contributed by atoms with Crippen molar-refractivity contribution >= 4 is 44.2 Å². The van der Waals surface area contributed by atoms with E-state index < -0.39 is 0 Å². The number of fused-ring (bicyclic) bond motifs is 4. The van der Waals surface area contributed by atoms with Crippen LogP contribution in [0.2, 0.25) is 5.02 Å². The maximum absolute atomic E-state index is 6.72. The van der Waals surface area contributed by atoms with Gasteiger partial charge in [-0.1, -0.05) is 96.5 Å². The van der Waals surface area contributed by atoms with Crippen LogP contribution in [0.25, 0.3) is 49.4 Å². The first kappa shape index (κ1) is 17.3. The van der Waals surface area contributed by atoms with E-state index >= 15 is 0 Å². The molecule has 0 atom stereocenters. The highest BCUT2D eigenvalue weighted by molar-refractivity contribution is 6.34. The van der Waals surface area contributed by atoms with E-state index in [1.54, 1.807) is 0 Å². The average molecular weight is 404 g/mol. The monoisotopic (exact) mass is 403 g/mol. The van der Waals surface area contributed by atoms with Gasteiger partial charge in [0.2, 0.25) is 0 Å². The highest BCUT2D eigenvalue weighted by Gasteiger charge is 2.18. The topological polar surface area (TPSA) is 4.93 Å². The van der Waals surface area contributed by atoms with E-state index in [0.29, 0.717) is 0 Å². The number of hydrogen-bond donors (Lipinski definition) is 0. The molecule has 0 aliphatic rings. The first-order chi connectivity index (χ1) is 14.8. The lowest BCUT2D eigenvalue weighted by molar-refractivity contribution is 1.19. The molecule has 5 aromatic carbocycles. The number of hydrogen-bond acceptors (Lipinski definition) is 0. The lowest BCUT2D eigenvalue weighted by Gasteiger charge is -2.17. The van der Waals surface area contributed by atoms with Crippen LogP contribution in [0.4, 0.5) is 0 Å². The van der Waals surface area contributed by atoms with Gasteiger partial charge in [0.15, 0.2) is 0 Å². The van der Waals surface area contributed by atoms with Crippen LogP contribution in [-0.2, 0) is 0 Å². The number of benzene rings is 5. The summed E-state index contributed by atoms with van der Waals surface area (Å²) in [6, 6.07) is 38.3. The summed E-state index contributed by atoms with van der Waals surface area (Å²) in [5, 5.41) is 5.68. The Labute approximate surface area is 179 Å². The number of rotatable bonds is 2.